The molecule has 0 atom stereocenters. The van der Waals surface area contributed by atoms with Crippen molar-refractivity contribution in [2.24, 2.45) is 0 Å². The van der Waals surface area contributed by atoms with E-state index >= 15 is 0 Å². The minimum atomic E-state index is -0.764. The molecule has 5 heteroatoms. The van der Waals surface area contributed by atoms with Crippen LogP contribution in [0, 0.1) is 0 Å². The second-order valence-corrected chi connectivity index (χ2v) is 6.49. The van der Waals surface area contributed by atoms with Crippen LogP contribution < -0.4 is 10.6 Å². The Balaban J connectivity index is 1.82. The van der Waals surface area contributed by atoms with Crippen LogP contribution in [-0.2, 0) is 9.59 Å². The van der Waals surface area contributed by atoms with Crippen LogP contribution in [0.2, 0.25) is 0 Å². The number of aliphatic hydroxyl groups is 1. The fourth-order valence-corrected chi connectivity index (χ4v) is 2.93. The van der Waals surface area contributed by atoms with Crippen LogP contribution in [-0.4, -0.2) is 29.1 Å². The van der Waals surface area contributed by atoms with E-state index in [0.717, 1.165) is 49.8 Å². The normalized spacial score (nSPS) is 17.2. The van der Waals surface area contributed by atoms with Crippen LogP contribution in [0.5, 0.6) is 0 Å². The molecular formula is C19H26N2O3. The first-order valence-electron chi connectivity index (χ1n) is 8.53. The van der Waals surface area contributed by atoms with E-state index in [1.807, 2.05) is 12.1 Å². The van der Waals surface area contributed by atoms with Gasteiger partial charge in [0.05, 0.1) is 5.60 Å². The van der Waals surface area contributed by atoms with Crippen molar-refractivity contribution in [1.29, 1.82) is 0 Å². The molecule has 1 aliphatic carbocycles. The summed E-state index contributed by atoms with van der Waals surface area (Å²) in [5.41, 5.74) is 0.826. The van der Waals surface area contributed by atoms with Crippen molar-refractivity contribution in [2.45, 2.75) is 51.0 Å². The van der Waals surface area contributed by atoms with Crippen LogP contribution in [0.3, 0.4) is 0 Å². The zero-order chi connectivity index (χ0) is 17.4. The molecule has 1 fully saturated rings. The van der Waals surface area contributed by atoms with E-state index in [9.17, 15) is 14.7 Å². The van der Waals surface area contributed by atoms with E-state index in [4.69, 9.17) is 0 Å². The molecule has 0 unspecified atom stereocenters. The van der Waals surface area contributed by atoms with Gasteiger partial charge in [0, 0.05) is 25.2 Å². The Morgan fingerprint density at radius 2 is 1.75 bits per heavy atom. The van der Waals surface area contributed by atoms with Crippen LogP contribution >= 0.6 is 0 Å². The number of anilines is 1. The summed E-state index contributed by atoms with van der Waals surface area (Å²) in [5, 5.41) is 16.0. The zero-order valence-electron chi connectivity index (χ0n) is 14.2. The second kappa shape index (κ2) is 8.64. The number of carbonyl (C=O) groups is 2. The molecule has 0 saturated heterocycles. The number of hydrogen-bond donors (Lipinski definition) is 3. The van der Waals surface area contributed by atoms with Crippen molar-refractivity contribution in [3.05, 3.63) is 35.9 Å². The molecule has 0 radical (unpaired) electrons. The number of rotatable bonds is 5. The molecule has 1 aromatic carbocycles. The fraction of sp³-hybridized carbons (Fsp3) is 0.474. The highest BCUT2D eigenvalue weighted by Gasteiger charge is 2.27. The lowest BCUT2D eigenvalue weighted by Crippen LogP contribution is -2.42. The third kappa shape index (κ3) is 6.16. The third-order valence-corrected chi connectivity index (χ3v) is 4.28. The van der Waals surface area contributed by atoms with Gasteiger partial charge in [-0.15, -0.1) is 0 Å². The van der Waals surface area contributed by atoms with E-state index in [1.54, 1.807) is 18.2 Å². The van der Waals surface area contributed by atoms with Crippen LogP contribution in [0.4, 0.5) is 5.69 Å². The molecule has 24 heavy (non-hydrogen) atoms. The Morgan fingerprint density at radius 3 is 2.33 bits per heavy atom. The predicted octanol–water partition coefficient (Wildman–Crippen LogP) is 2.86. The molecule has 1 saturated carbocycles. The van der Waals surface area contributed by atoms with E-state index in [-0.39, 0.29) is 11.8 Å². The summed E-state index contributed by atoms with van der Waals surface area (Å²) in [7, 11) is 0. The second-order valence-electron chi connectivity index (χ2n) is 6.49. The average molecular weight is 330 g/mol. The van der Waals surface area contributed by atoms with E-state index in [2.05, 4.69) is 10.6 Å². The Morgan fingerprint density at radius 1 is 1.12 bits per heavy atom. The van der Waals surface area contributed by atoms with Gasteiger partial charge in [0.25, 0.3) is 0 Å². The molecule has 1 aliphatic rings. The lowest BCUT2D eigenvalue weighted by molar-refractivity contribution is -0.118. The van der Waals surface area contributed by atoms with Gasteiger partial charge in [-0.2, -0.15) is 0 Å². The van der Waals surface area contributed by atoms with Crippen LogP contribution in [0.25, 0.3) is 6.08 Å². The first-order chi connectivity index (χ1) is 11.5. The van der Waals surface area contributed by atoms with Gasteiger partial charge in [-0.05, 0) is 36.6 Å². The largest absolute Gasteiger partial charge is 0.388 e. The van der Waals surface area contributed by atoms with Gasteiger partial charge in [0.2, 0.25) is 11.8 Å². The maximum Gasteiger partial charge on any atom is 0.244 e. The highest BCUT2D eigenvalue weighted by atomic mass is 16.3. The smallest absolute Gasteiger partial charge is 0.244 e. The van der Waals surface area contributed by atoms with Crippen LogP contribution in [0.1, 0.15) is 51.0 Å². The molecule has 0 aromatic heterocycles. The summed E-state index contributed by atoms with van der Waals surface area (Å²) >= 11 is 0. The summed E-state index contributed by atoms with van der Waals surface area (Å²) in [6, 6.07) is 7.22. The van der Waals surface area contributed by atoms with Crippen molar-refractivity contribution in [1.82, 2.24) is 5.32 Å². The molecule has 0 bridgehead atoms. The summed E-state index contributed by atoms with van der Waals surface area (Å²) in [4.78, 5) is 22.9. The molecule has 0 aliphatic heterocycles. The van der Waals surface area contributed by atoms with Gasteiger partial charge in [-0.3, -0.25) is 9.59 Å². The predicted molar refractivity (Wildman–Crippen MR) is 95.4 cm³/mol. The Bertz CT molecular complexity index is 585. The number of nitrogens with one attached hydrogen (secondary N) is 2. The molecule has 1 aromatic rings. The Labute approximate surface area is 143 Å². The average Bonchev–Trinajstić information content (AvgIpc) is 2.77. The number of hydrogen-bond acceptors (Lipinski definition) is 3. The molecule has 3 N–H and O–H groups in total. The standard InChI is InChI=1S/C19H26N2O3/c1-15(22)21-17-9-6-16(7-10-17)8-11-18(23)20-14-19(24)12-4-2-3-5-13-19/h6-11,24H,2-5,12-14H2,1H3,(H,20,23)(H,21,22)/b11-8-. The highest BCUT2D eigenvalue weighted by Crippen LogP contribution is 2.26. The third-order valence-electron chi connectivity index (χ3n) is 4.28. The van der Waals surface area contributed by atoms with Gasteiger partial charge < -0.3 is 15.7 Å². The number of benzene rings is 1. The summed E-state index contributed by atoms with van der Waals surface area (Å²) in [6.07, 6.45) is 9.03. The summed E-state index contributed by atoms with van der Waals surface area (Å²) < 4.78 is 0. The fourth-order valence-electron chi connectivity index (χ4n) is 2.93. The van der Waals surface area contributed by atoms with Gasteiger partial charge in [-0.25, -0.2) is 0 Å². The molecule has 0 spiro atoms. The van der Waals surface area contributed by atoms with Crippen molar-refractivity contribution < 1.29 is 14.7 Å². The maximum atomic E-state index is 11.9. The van der Waals surface area contributed by atoms with E-state index in [0.29, 0.717) is 6.54 Å². The summed E-state index contributed by atoms with van der Waals surface area (Å²) in [6.45, 7) is 1.76. The quantitative estimate of drug-likeness (QED) is 0.574. The molecule has 2 amide bonds. The molecule has 5 nitrogen and oxygen atoms in total. The Hall–Kier alpha value is -2.14. The van der Waals surface area contributed by atoms with Gasteiger partial charge in [-0.1, -0.05) is 37.8 Å². The van der Waals surface area contributed by atoms with Crippen molar-refractivity contribution in [3.8, 4) is 0 Å². The lowest BCUT2D eigenvalue weighted by atomic mass is 9.94. The minimum Gasteiger partial charge on any atom is -0.388 e. The monoisotopic (exact) mass is 330 g/mol. The van der Waals surface area contributed by atoms with Crippen molar-refractivity contribution in [2.75, 3.05) is 11.9 Å². The lowest BCUT2D eigenvalue weighted by Gasteiger charge is -2.26. The SMILES string of the molecule is CC(=O)Nc1ccc(/C=C\C(=O)NCC2(O)CCCCCC2)cc1. The number of amides is 2. The Kier molecular flexibility index (Phi) is 6.55. The zero-order valence-corrected chi connectivity index (χ0v) is 14.2. The first kappa shape index (κ1) is 18.2. The molecule has 0 heterocycles. The minimum absolute atomic E-state index is 0.117. The van der Waals surface area contributed by atoms with Gasteiger partial charge >= 0.3 is 0 Å². The summed E-state index contributed by atoms with van der Waals surface area (Å²) in [5.74, 6) is -0.326. The van der Waals surface area contributed by atoms with Crippen LogP contribution in [0.15, 0.2) is 30.3 Å². The van der Waals surface area contributed by atoms with E-state index < -0.39 is 5.60 Å². The molecule has 130 valence electrons. The highest BCUT2D eigenvalue weighted by molar-refractivity contribution is 5.92. The van der Waals surface area contributed by atoms with Gasteiger partial charge in [0.15, 0.2) is 0 Å². The first-order valence-corrected chi connectivity index (χ1v) is 8.53. The topological polar surface area (TPSA) is 78.4 Å². The van der Waals surface area contributed by atoms with Crippen molar-refractivity contribution >= 4 is 23.6 Å². The molecular weight excluding hydrogens is 304 g/mol. The van der Waals surface area contributed by atoms with E-state index in [1.165, 1.54) is 13.0 Å². The van der Waals surface area contributed by atoms with Crippen molar-refractivity contribution in [3.63, 3.8) is 0 Å². The maximum absolute atomic E-state index is 11.9. The van der Waals surface area contributed by atoms with Gasteiger partial charge in [0.1, 0.15) is 0 Å². The number of carbonyl (C=O) groups excluding carboxylic acids is 2. The molecule has 2 rings (SSSR count).